The lowest BCUT2D eigenvalue weighted by molar-refractivity contribution is 0.101. The Bertz CT molecular complexity index is 644. The normalized spacial score (nSPS) is 14.1. The van der Waals surface area contributed by atoms with Crippen molar-refractivity contribution >= 4 is 17.3 Å². The SMILES string of the molecule is COc1ccc(N)c(NC(=O)c2cccn2C2CC2)c1. The van der Waals surface area contributed by atoms with Crippen LogP contribution in [0.1, 0.15) is 29.4 Å². The number of ether oxygens (including phenoxy) is 1. The molecule has 1 aromatic carbocycles. The van der Waals surface area contributed by atoms with Crippen LogP contribution in [0.2, 0.25) is 0 Å². The summed E-state index contributed by atoms with van der Waals surface area (Å²) in [5, 5.41) is 2.85. The van der Waals surface area contributed by atoms with Gasteiger partial charge in [-0.05, 0) is 37.1 Å². The molecule has 0 spiro atoms. The van der Waals surface area contributed by atoms with E-state index in [0.717, 1.165) is 12.8 Å². The summed E-state index contributed by atoms with van der Waals surface area (Å²) in [7, 11) is 1.58. The van der Waals surface area contributed by atoms with E-state index in [-0.39, 0.29) is 5.91 Å². The van der Waals surface area contributed by atoms with Gasteiger partial charge in [-0.2, -0.15) is 0 Å². The van der Waals surface area contributed by atoms with E-state index < -0.39 is 0 Å². The Hall–Kier alpha value is -2.43. The van der Waals surface area contributed by atoms with Crippen molar-refractivity contribution in [1.82, 2.24) is 4.57 Å². The third-order valence-corrected chi connectivity index (χ3v) is 3.46. The summed E-state index contributed by atoms with van der Waals surface area (Å²) in [6.07, 6.45) is 4.22. The fourth-order valence-corrected chi connectivity index (χ4v) is 2.21. The molecule has 104 valence electrons. The Labute approximate surface area is 117 Å². The van der Waals surface area contributed by atoms with Gasteiger partial charge in [-0.3, -0.25) is 4.79 Å². The Balaban J connectivity index is 1.83. The van der Waals surface area contributed by atoms with Crippen molar-refractivity contribution in [1.29, 1.82) is 0 Å². The standard InChI is InChI=1S/C15H17N3O2/c1-20-11-6-7-12(16)13(9-11)17-15(19)14-3-2-8-18(14)10-4-5-10/h2-3,6-10H,4-5,16H2,1H3,(H,17,19). The number of rotatable bonds is 4. The number of nitrogen functional groups attached to an aromatic ring is 1. The fourth-order valence-electron chi connectivity index (χ4n) is 2.21. The highest BCUT2D eigenvalue weighted by Gasteiger charge is 2.26. The van der Waals surface area contributed by atoms with Crippen LogP contribution in [0, 0.1) is 0 Å². The molecule has 0 atom stereocenters. The highest BCUT2D eigenvalue weighted by Crippen LogP contribution is 2.36. The van der Waals surface area contributed by atoms with Crippen LogP contribution in [0.25, 0.3) is 0 Å². The van der Waals surface area contributed by atoms with Gasteiger partial charge in [0, 0.05) is 18.3 Å². The van der Waals surface area contributed by atoms with Crippen LogP contribution in [0.3, 0.4) is 0 Å². The average Bonchev–Trinajstić information content (AvgIpc) is 3.18. The van der Waals surface area contributed by atoms with Crippen molar-refractivity contribution in [2.75, 3.05) is 18.2 Å². The van der Waals surface area contributed by atoms with Gasteiger partial charge in [0.2, 0.25) is 0 Å². The van der Waals surface area contributed by atoms with Crippen molar-refractivity contribution < 1.29 is 9.53 Å². The maximum absolute atomic E-state index is 12.4. The zero-order valence-corrected chi connectivity index (χ0v) is 11.3. The van der Waals surface area contributed by atoms with Crippen LogP contribution in [0.4, 0.5) is 11.4 Å². The first-order chi connectivity index (χ1) is 9.69. The molecule has 2 aromatic rings. The summed E-state index contributed by atoms with van der Waals surface area (Å²) in [6.45, 7) is 0. The number of carbonyl (C=O) groups is 1. The minimum Gasteiger partial charge on any atom is -0.497 e. The molecule has 5 heteroatoms. The van der Waals surface area contributed by atoms with Gasteiger partial charge in [-0.25, -0.2) is 0 Å². The van der Waals surface area contributed by atoms with E-state index in [1.54, 1.807) is 25.3 Å². The van der Waals surface area contributed by atoms with Crippen LogP contribution in [-0.4, -0.2) is 17.6 Å². The molecule has 0 bridgehead atoms. The first kappa shape index (κ1) is 12.6. The molecule has 1 aliphatic rings. The van der Waals surface area contributed by atoms with E-state index in [1.807, 2.05) is 22.9 Å². The zero-order valence-electron chi connectivity index (χ0n) is 11.3. The van der Waals surface area contributed by atoms with E-state index in [2.05, 4.69) is 5.32 Å². The summed E-state index contributed by atoms with van der Waals surface area (Å²) >= 11 is 0. The monoisotopic (exact) mass is 271 g/mol. The van der Waals surface area contributed by atoms with Gasteiger partial charge in [-0.15, -0.1) is 0 Å². The Morgan fingerprint density at radius 2 is 2.20 bits per heavy atom. The number of nitrogens with two attached hydrogens (primary N) is 1. The summed E-state index contributed by atoms with van der Waals surface area (Å²) in [5.41, 5.74) is 7.63. The molecule has 20 heavy (non-hydrogen) atoms. The van der Waals surface area contributed by atoms with E-state index in [9.17, 15) is 4.79 Å². The lowest BCUT2D eigenvalue weighted by atomic mass is 10.2. The Kier molecular flexibility index (Phi) is 3.10. The fraction of sp³-hybridized carbons (Fsp3) is 0.267. The second-order valence-electron chi connectivity index (χ2n) is 4.94. The highest BCUT2D eigenvalue weighted by atomic mass is 16.5. The van der Waals surface area contributed by atoms with E-state index >= 15 is 0 Å². The molecule has 0 unspecified atom stereocenters. The number of anilines is 2. The number of hydrogen-bond donors (Lipinski definition) is 2. The number of nitrogens with one attached hydrogen (secondary N) is 1. The van der Waals surface area contributed by atoms with Crippen LogP contribution in [0.5, 0.6) is 5.75 Å². The molecule has 0 radical (unpaired) electrons. The quantitative estimate of drug-likeness (QED) is 0.840. The number of nitrogens with zero attached hydrogens (tertiary/aromatic N) is 1. The smallest absolute Gasteiger partial charge is 0.272 e. The van der Waals surface area contributed by atoms with Gasteiger partial charge in [0.15, 0.2) is 0 Å². The maximum Gasteiger partial charge on any atom is 0.272 e. The van der Waals surface area contributed by atoms with Gasteiger partial charge >= 0.3 is 0 Å². The van der Waals surface area contributed by atoms with E-state index in [4.69, 9.17) is 10.5 Å². The molecule has 1 saturated carbocycles. The molecule has 5 nitrogen and oxygen atoms in total. The largest absolute Gasteiger partial charge is 0.497 e. The molecule has 0 saturated heterocycles. The number of methoxy groups -OCH3 is 1. The van der Waals surface area contributed by atoms with Crippen molar-refractivity contribution in [3.63, 3.8) is 0 Å². The molecular formula is C15H17N3O2. The van der Waals surface area contributed by atoms with Gasteiger partial charge in [0.1, 0.15) is 11.4 Å². The Morgan fingerprint density at radius 3 is 2.90 bits per heavy atom. The topological polar surface area (TPSA) is 69.3 Å². The highest BCUT2D eigenvalue weighted by molar-refractivity contribution is 6.05. The number of hydrogen-bond acceptors (Lipinski definition) is 3. The number of carbonyl (C=O) groups excluding carboxylic acids is 1. The molecule has 1 fully saturated rings. The third kappa shape index (κ3) is 2.34. The van der Waals surface area contributed by atoms with Crippen molar-refractivity contribution in [2.24, 2.45) is 0 Å². The van der Waals surface area contributed by atoms with Crippen LogP contribution in [0.15, 0.2) is 36.5 Å². The minimum atomic E-state index is -0.151. The molecule has 3 N–H and O–H groups in total. The third-order valence-electron chi connectivity index (χ3n) is 3.46. The molecular weight excluding hydrogens is 254 g/mol. The lowest BCUT2D eigenvalue weighted by Gasteiger charge is -2.11. The Morgan fingerprint density at radius 1 is 1.40 bits per heavy atom. The summed E-state index contributed by atoms with van der Waals surface area (Å²) in [5.74, 6) is 0.508. The molecule has 0 aliphatic heterocycles. The predicted octanol–water partition coefficient (Wildman–Crippen LogP) is 2.67. The van der Waals surface area contributed by atoms with Gasteiger partial charge in [0.05, 0.1) is 18.5 Å². The van der Waals surface area contributed by atoms with Gasteiger partial charge in [-0.1, -0.05) is 0 Å². The first-order valence-corrected chi connectivity index (χ1v) is 6.61. The number of aromatic nitrogens is 1. The molecule has 1 aromatic heterocycles. The summed E-state index contributed by atoms with van der Waals surface area (Å²) in [6, 6.07) is 9.38. The molecule has 3 rings (SSSR count). The zero-order chi connectivity index (χ0) is 14.1. The van der Waals surface area contributed by atoms with Crippen LogP contribution >= 0.6 is 0 Å². The lowest BCUT2D eigenvalue weighted by Crippen LogP contribution is -2.17. The molecule has 1 aliphatic carbocycles. The first-order valence-electron chi connectivity index (χ1n) is 6.61. The van der Waals surface area contributed by atoms with Gasteiger partial charge in [0.25, 0.3) is 5.91 Å². The van der Waals surface area contributed by atoms with E-state index in [1.165, 1.54) is 0 Å². The summed E-state index contributed by atoms with van der Waals surface area (Å²) in [4.78, 5) is 12.4. The summed E-state index contributed by atoms with van der Waals surface area (Å²) < 4.78 is 7.16. The van der Waals surface area contributed by atoms with Crippen LogP contribution < -0.4 is 15.8 Å². The van der Waals surface area contributed by atoms with E-state index in [0.29, 0.717) is 28.9 Å². The molecule has 1 heterocycles. The maximum atomic E-state index is 12.4. The second kappa shape index (κ2) is 4.92. The number of amides is 1. The van der Waals surface area contributed by atoms with Crippen LogP contribution in [-0.2, 0) is 0 Å². The number of benzene rings is 1. The van der Waals surface area contributed by atoms with Gasteiger partial charge < -0.3 is 20.4 Å². The van der Waals surface area contributed by atoms with Crippen molar-refractivity contribution in [3.8, 4) is 5.75 Å². The minimum absolute atomic E-state index is 0.151. The average molecular weight is 271 g/mol. The van der Waals surface area contributed by atoms with Crippen molar-refractivity contribution in [2.45, 2.75) is 18.9 Å². The second-order valence-corrected chi connectivity index (χ2v) is 4.94. The predicted molar refractivity (Wildman–Crippen MR) is 78.1 cm³/mol. The van der Waals surface area contributed by atoms with Crippen molar-refractivity contribution in [3.05, 3.63) is 42.2 Å². The molecule has 1 amide bonds.